The fourth-order valence-electron chi connectivity index (χ4n) is 3.55. The number of ether oxygens (including phenoxy) is 2. The molecule has 26 heavy (non-hydrogen) atoms. The molecule has 2 aliphatic rings. The van der Waals surface area contributed by atoms with Gasteiger partial charge >= 0.3 is 0 Å². The van der Waals surface area contributed by atoms with Crippen LogP contribution in [0, 0.1) is 0 Å². The van der Waals surface area contributed by atoms with Crippen LogP contribution in [-0.2, 0) is 16.6 Å². The molecule has 0 radical (unpaired) electrons. The molecule has 2 aliphatic heterocycles. The van der Waals surface area contributed by atoms with E-state index in [2.05, 4.69) is 0 Å². The molecule has 0 aromatic heterocycles. The molecule has 0 fully saturated rings. The highest BCUT2D eigenvalue weighted by Crippen LogP contribution is 2.44. The summed E-state index contributed by atoms with van der Waals surface area (Å²) in [5.74, 6) is 1.06. The Morgan fingerprint density at radius 1 is 1.04 bits per heavy atom. The van der Waals surface area contributed by atoms with Crippen LogP contribution in [0.5, 0.6) is 11.5 Å². The lowest BCUT2D eigenvalue weighted by Gasteiger charge is -2.23. The molecular weight excluding hydrogens is 374 g/mol. The Kier molecular flexibility index (Phi) is 3.36. The second-order valence-corrected chi connectivity index (χ2v) is 8.48. The van der Waals surface area contributed by atoms with Crippen molar-refractivity contribution in [3.63, 3.8) is 0 Å². The molecule has 0 atom stereocenters. The van der Waals surface area contributed by atoms with Crippen molar-refractivity contribution in [1.82, 2.24) is 0 Å². The predicted octanol–water partition coefficient (Wildman–Crippen LogP) is 3.97. The smallest absolute Gasteiger partial charge is 0.265 e. The third kappa shape index (κ3) is 2.19. The number of benzene rings is 3. The molecule has 0 aliphatic carbocycles. The standard InChI is InChI=1S/C19H14ClNO4S/c20-14-9-12(10-16-19(14)25-8-7-24-16)11-21-15-5-1-3-13-4-2-6-17(18(13)15)26(21,22)23/h1-6,9-10H,7-8,11H2. The van der Waals surface area contributed by atoms with Crippen LogP contribution in [0.1, 0.15) is 5.56 Å². The van der Waals surface area contributed by atoms with Crippen LogP contribution in [0.2, 0.25) is 5.02 Å². The summed E-state index contributed by atoms with van der Waals surface area (Å²) in [5.41, 5.74) is 1.43. The van der Waals surface area contributed by atoms with Crippen molar-refractivity contribution < 1.29 is 17.9 Å². The van der Waals surface area contributed by atoms with Gasteiger partial charge in [-0.15, -0.1) is 0 Å². The minimum absolute atomic E-state index is 0.173. The van der Waals surface area contributed by atoms with Gasteiger partial charge in [0, 0.05) is 5.39 Å². The Morgan fingerprint density at radius 2 is 1.81 bits per heavy atom. The van der Waals surface area contributed by atoms with Gasteiger partial charge < -0.3 is 9.47 Å². The quantitative estimate of drug-likeness (QED) is 0.667. The van der Waals surface area contributed by atoms with E-state index in [1.54, 1.807) is 24.3 Å². The van der Waals surface area contributed by atoms with Gasteiger partial charge in [0.2, 0.25) is 0 Å². The first kappa shape index (κ1) is 15.8. The Hall–Kier alpha value is -2.44. The van der Waals surface area contributed by atoms with Gasteiger partial charge in [0.15, 0.2) is 11.5 Å². The van der Waals surface area contributed by atoms with Crippen LogP contribution < -0.4 is 13.8 Å². The van der Waals surface area contributed by atoms with E-state index in [9.17, 15) is 8.42 Å². The molecular formula is C19H14ClNO4S. The fourth-order valence-corrected chi connectivity index (χ4v) is 5.54. The van der Waals surface area contributed by atoms with Gasteiger partial charge in [-0.1, -0.05) is 35.9 Å². The zero-order chi connectivity index (χ0) is 17.9. The van der Waals surface area contributed by atoms with Gasteiger partial charge in [-0.05, 0) is 35.2 Å². The van der Waals surface area contributed by atoms with E-state index < -0.39 is 10.0 Å². The van der Waals surface area contributed by atoms with E-state index in [1.165, 1.54) is 4.31 Å². The third-order valence-corrected chi connectivity index (χ3v) is 6.75. The molecule has 0 bridgehead atoms. The van der Waals surface area contributed by atoms with E-state index in [0.29, 0.717) is 40.3 Å². The monoisotopic (exact) mass is 387 g/mol. The average Bonchev–Trinajstić information content (AvgIpc) is 2.85. The maximum absolute atomic E-state index is 13.1. The maximum atomic E-state index is 13.1. The van der Waals surface area contributed by atoms with Crippen LogP contribution in [0.15, 0.2) is 53.4 Å². The van der Waals surface area contributed by atoms with Crippen LogP contribution in [0.4, 0.5) is 5.69 Å². The minimum atomic E-state index is -3.61. The number of fused-ring (bicyclic) bond motifs is 1. The summed E-state index contributed by atoms with van der Waals surface area (Å²) in [7, 11) is -3.61. The SMILES string of the molecule is O=S1(=O)c2cccc3cccc(c23)N1Cc1cc(Cl)c2c(c1)OCCO2. The van der Waals surface area contributed by atoms with Gasteiger partial charge in [-0.25, -0.2) is 8.42 Å². The molecule has 0 unspecified atom stereocenters. The molecule has 5 nitrogen and oxygen atoms in total. The molecule has 132 valence electrons. The van der Waals surface area contributed by atoms with Gasteiger partial charge in [-0.2, -0.15) is 0 Å². The zero-order valence-corrected chi connectivity index (χ0v) is 15.2. The summed E-state index contributed by atoms with van der Waals surface area (Å²) in [6.07, 6.45) is 0. The van der Waals surface area contributed by atoms with Gasteiger partial charge in [0.1, 0.15) is 13.2 Å². The van der Waals surface area contributed by atoms with Crippen molar-refractivity contribution in [2.75, 3.05) is 17.5 Å². The van der Waals surface area contributed by atoms with E-state index in [1.807, 2.05) is 24.3 Å². The number of halogens is 1. The summed E-state index contributed by atoms with van der Waals surface area (Å²) in [6, 6.07) is 14.5. The van der Waals surface area contributed by atoms with Crippen molar-refractivity contribution >= 4 is 38.1 Å². The average molecular weight is 388 g/mol. The van der Waals surface area contributed by atoms with E-state index in [4.69, 9.17) is 21.1 Å². The maximum Gasteiger partial charge on any atom is 0.265 e. The number of hydrogen-bond donors (Lipinski definition) is 0. The topological polar surface area (TPSA) is 55.8 Å². The molecule has 3 aromatic rings. The zero-order valence-electron chi connectivity index (χ0n) is 13.6. The largest absolute Gasteiger partial charge is 0.486 e. The minimum Gasteiger partial charge on any atom is -0.486 e. The highest BCUT2D eigenvalue weighted by atomic mass is 35.5. The lowest BCUT2D eigenvalue weighted by Crippen LogP contribution is -2.26. The number of anilines is 1. The summed E-state index contributed by atoms with van der Waals surface area (Å²) in [5, 5.41) is 2.09. The van der Waals surface area contributed by atoms with Gasteiger partial charge in [0.05, 0.1) is 22.2 Å². The number of nitrogens with zero attached hydrogens (tertiary/aromatic N) is 1. The van der Waals surface area contributed by atoms with E-state index in [0.717, 1.165) is 16.3 Å². The Labute approximate surface area is 155 Å². The van der Waals surface area contributed by atoms with Gasteiger partial charge in [-0.3, -0.25) is 4.31 Å². The number of hydrogen-bond acceptors (Lipinski definition) is 4. The molecule has 0 N–H and O–H groups in total. The molecule has 3 aromatic carbocycles. The normalized spacial score (nSPS) is 16.9. The summed E-state index contributed by atoms with van der Waals surface area (Å²) in [4.78, 5) is 0.342. The molecule has 0 saturated heterocycles. The predicted molar refractivity (Wildman–Crippen MR) is 99.8 cm³/mol. The fraction of sp³-hybridized carbons (Fsp3) is 0.158. The van der Waals surface area contributed by atoms with Crippen LogP contribution in [-0.4, -0.2) is 21.6 Å². The van der Waals surface area contributed by atoms with Crippen LogP contribution in [0.25, 0.3) is 10.8 Å². The van der Waals surface area contributed by atoms with Crippen molar-refractivity contribution in [3.05, 3.63) is 59.1 Å². The van der Waals surface area contributed by atoms with E-state index >= 15 is 0 Å². The first-order valence-electron chi connectivity index (χ1n) is 8.18. The molecule has 0 saturated carbocycles. The molecule has 0 amide bonds. The van der Waals surface area contributed by atoms with E-state index in [-0.39, 0.29) is 6.54 Å². The first-order chi connectivity index (χ1) is 12.6. The molecule has 5 rings (SSSR count). The Bertz CT molecular complexity index is 1150. The number of sulfonamides is 1. The highest BCUT2D eigenvalue weighted by molar-refractivity contribution is 7.93. The molecule has 7 heteroatoms. The number of rotatable bonds is 2. The van der Waals surface area contributed by atoms with Gasteiger partial charge in [0.25, 0.3) is 10.0 Å². The van der Waals surface area contributed by atoms with Crippen LogP contribution in [0.3, 0.4) is 0 Å². The first-order valence-corrected chi connectivity index (χ1v) is 10.00. The highest BCUT2D eigenvalue weighted by Gasteiger charge is 2.35. The Balaban J connectivity index is 1.62. The lowest BCUT2D eigenvalue weighted by atomic mass is 10.1. The summed E-state index contributed by atoms with van der Waals surface area (Å²) < 4.78 is 38.7. The third-order valence-electron chi connectivity index (χ3n) is 4.66. The lowest BCUT2D eigenvalue weighted by molar-refractivity contribution is 0.171. The van der Waals surface area contributed by atoms with Crippen molar-refractivity contribution in [2.24, 2.45) is 0 Å². The van der Waals surface area contributed by atoms with Crippen molar-refractivity contribution in [1.29, 1.82) is 0 Å². The molecule has 0 spiro atoms. The van der Waals surface area contributed by atoms with Crippen molar-refractivity contribution in [2.45, 2.75) is 11.4 Å². The molecule has 2 heterocycles. The second-order valence-electron chi connectivity index (χ2n) is 6.24. The van der Waals surface area contributed by atoms with Crippen LogP contribution >= 0.6 is 11.6 Å². The Morgan fingerprint density at radius 3 is 2.65 bits per heavy atom. The summed E-state index contributed by atoms with van der Waals surface area (Å²) in [6.45, 7) is 1.07. The van der Waals surface area contributed by atoms with Crippen molar-refractivity contribution in [3.8, 4) is 11.5 Å². The summed E-state index contributed by atoms with van der Waals surface area (Å²) >= 11 is 6.30. The second kappa shape index (κ2) is 5.53.